The summed E-state index contributed by atoms with van der Waals surface area (Å²) in [5.74, 6) is 0. The third-order valence-electron chi connectivity index (χ3n) is 5.72. The lowest BCUT2D eigenvalue weighted by molar-refractivity contribution is -0.185. The monoisotopic (exact) mass is 412 g/mol. The van der Waals surface area contributed by atoms with Gasteiger partial charge in [-0.15, -0.1) is 0 Å². The summed E-state index contributed by atoms with van der Waals surface area (Å²) in [4.78, 5) is 0. The van der Waals surface area contributed by atoms with Crippen molar-refractivity contribution in [3.05, 3.63) is 63.6 Å². The van der Waals surface area contributed by atoms with E-state index < -0.39 is 0 Å². The molecule has 0 spiro atoms. The van der Waals surface area contributed by atoms with E-state index in [4.69, 9.17) is 0 Å². The molecular formula is C22H25BrN2O. The molecule has 1 aliphatic carbocycles. The van der Waals surface area contributed by atoms with Crippen molar-refractivity contribution < 1.29 is 5.21 Å². The van der Waals surface area contributed by atoms with E-state index in [1.165, 1.54) is 32.9 Å². The van der Waals surface area contributed by atoms with Gasteiger partial charge in [-0.25, -0.2) is 0 Å². The molecule has 26 heavy (non-hydrogen) atoms. The molecule has 3 nitrogen and oxygen atoms in total. The van der Waals surface area contributed by atoms with E-state index in [0.717, 1.165) is 23.1 Å². The zero-order valence-electron chi connectivity index (χ0n) is 15.7. The molecule has 2 aliphatic rings. The molecule has 0 saturated carbocycles. The molecule has 1 heterocycles. The van der Waals surface area contributed by atoms with E-state index in [2.05, 4.69) is 77.6 Å². The summed E-state index contributed by atoms with van der Waals surface area (Å²) in [5.41, 5.74) is 7.05. The summed E-state index contributed by atoms with van der Waals surface area (Å²) < 4.78 is 1.13. The van der Waals surface area contributed by atoms with Crippen LogP contribution in [0.5, 0.6) is 0 Å². The molecule has 0 amide bonds. The summed E-state index contributed by atoms with van der Waals surface area (Å²) in [7, 11) is 0. The van der Waals surface area contributed by atoms with E-state index in [1.807, 2.05) is 13.8 Å². The average Bonchev–Trinajstić information content (AvgIpc) is 3.00. The number of halogens is 1. The molecule has 2 aromatic carbocycles. The number of fused-ring (bicyclic) bond motifs is 3. The van der Waals surface area contributed by atoms with Gasteiger partial charge >= 0.3 is 0 Å². The Bertz CT molecular complexity index is 914. The largest absolute Gasteiger partial charge is 0.381 e. The number of hydroxylamine groups is 2. The van der Waals surface area contributed by atoms with Crippen LogP contribution in [0.2, 0.25) is 0 Å². The molecule has 4 rings (SSSR count). The third-order valence-corrected chi connectivity index (χ3v) is 6.21. The molecular weight excluding hydrogens is 388 g/mol. The molecule has 0 saturated heterocycles. The molecule has 0 unspecified atom stereocenters. The second kappa shape index (κ2) is 5.95. The van der Waals surface area contributed by atoms with Crippen molar-refractivity contribution in [2.24, 2.45) is 0 Å². The molecule has 0 bridgehead atoms. The standard InChI is InChI=1S/C22H25BrN2O/c1-21(2)12-16(22(3,4)25(21)26)13-24-18-6-8-20-15(11-18)9-14-10-17(23)5-7-19(14)20/h5-8,10-12,24,26H,9,13H2,1-4H3. The maximum atomic E-state index is 10.5. The Kier molecular flexibility index (Phi) is 4.07. The van der Waals surface area contributed by atoms with Gasteiger partial charge in [-0.05, 0) is 86.2 Å². The van der Waals surface area contributed by atoms with Gasteiger partial charge in [0.1, 0.15) is 0 Å². The predicted octanol–water partition coefficient (Wildman–Crippen LogP) is 5.62. The lowest BCUT2D eigenvalue weighted by atomic mass is 9.96. The van der Waals surface area contributed by atoms with Crippen LogP contribution in [0, 0.1) is 0 Å². The van der Waals surface area contributed by atoms with Crippen molar-refractivity contribution in [1.82, 2.24) is 5.06 Å². The number of benzene rings is 2. The van der Waals surface area contributed by atoms with Gasteiger partial charge in [0.15, 0.2) is 0 Å². The van der Waals surface area contributed by atoms with E-state index in [-0.39, 0.29) is 11.1 Å². The van der Waals surface area contributed by atoms with Crippen LogP contribution in [0.25, 0.3) is 11.1 Å². The van der Waals surface area contributed by atoms with Gasteiger partial charge in [0.05, 0.1) is 11.1 Å². The Morgan fingerprint density at radius 2 is 1.69 bits per heavy atom. The van der Waals surface area contributed by atoms with Crippen LogP contribution >= 0.6 is 15.9 Å². The van der Waals surface area contributed by atoms with Crippen molar-refractivity contribution in [2.45, 2.75) is 45.2 Å². The van der Waals surface area contributed by atoms with Crippen LogP contribution in [0.15, 0.2) is 52.5 Å². The zero-order chi connectivity index (χ0) is 18.7. The van der Waals surface area contributed by atoms with Crippen LogP contribution in [0.3, 0.4) is 0 Å². The lowest BCUT2D eigenvalue weighted by Gasteiger charge is -2.36. The highest BCUT2D eigenvalue weighted by molar-refractivity contribution is 9.10. The average molecular weight is 413 g/mol. The normalized spacial score (nSPS) is 19.8. The molecule has 1 aliphatic heterocycles. The number of nitrogens with one attached hydrogen (secondary N) is 1. The Labute approximate surface area is 163 Å². The Hall–Kier alpha value is -1.62. The first-order valence-corrected chi connectivity index (χ1v) is 9.85. The van der Waals surface area contributed by atoms with Gasteiger partial charge in [0.2, 0.25) is 0 Å². The summed E-state index contributed by atoms with van der Waals surface area (Å²) in [6.45, 7) is 8.92. The van der Waals surface area contributed by atoms with Crippen molar-refractivity contribution in [1.29, 1.82) is 0 Å². The van der Waals surface area contributed by atoms with Crippen LogP contribution in [0.4, 0.5) is 5.69 Å². The van der Waals surface area contributed by atoms with Crippen LogP contribution in [0.1, 0.15) is 38.8 Å². The van der Waals surface area contributed by atoms with E-state index in [9.17, 15) is 5.21 Å². The van der Waals surface area contributed by atoms with Crippen LogP contribution < -0.4 is 5.32 Å². The van der Waals surface area contributed by atoms with Gasteiger partial charge in [-0.3, -0.25) is 0 Å². The zero-order valence-corrected chi connectivity index (χ0v) is 17.3. The third kappa shape index (κ3) is 2.81. The first-order valence-electron chi connectivity index (χ1n) is 9.05. The topological polar surface area (TPSA) is 35.5 Å². The number of nitrogens with zero attached hydrogens (tertiary/aromatic N) is 1. The lowest BCUT2D eigenvalue weighted by Crippen LogP contribution is -2.48. The van der Waals surface area contributed by atoms with Crippen LogP contribution in [-0.2, 0) is 6.42 Å². The smallest absolute Gasteiger partial charge is 0.0639 e. The molecule has 136 valence electrons. The van der Waals surface area contributed by atoms with Gasteiger partial charge < -0.3 is 10.5 Å². The first-order chi connectivity index (χ1) is 12.2. The maximum Gasteiger partial charge on any atom is 0.0639 e. The molecule has 0 atom stereocenters. The second-order valence-corrected chi connectivity index (χ2v) is 9.31. The fraction of sp³-hybridized carbons (Fsp3) is 0.364. The van der Waals surface area contributed by atoms with Crippen molar-refractivity contribution in [3.63, 3.8) is 0 Å². The molecule has 4 heteroatoms. The Morgan fingerprint density at radius 1 is 1.04 bits per heavy atom. The highest BCUT2D eigenvalue weighted by Crippen LogP contribution is 2.40. The quantitative estimate of drug-likeness (QED) is 0.547. The van der Waals surface area contributed by atoms with Gasteiger partial charge in [0, 0.05) is 16.7 Å². The first kappa shape index (κ1) is 17.8. The molecule has 2 N–H and O–H groups in total. The van der Waals surface area contributed by atoms with E-state index in [0.29, 0.717) is 0 Å². The number of rotatable bonds is 3. The second-order valence-electron chi connectivity index (χ2n) is 8.40. The SMILES string of the molecule is CC1(C)C=C(CNc2ccc3c(c2)Cc2cc(Br)ccc2-3)C(C)(C)N1O. The van der Waals surface area contributed by atoms with E-state index >= 15 is 0 Å². The fourth-order valence-corrected chi connectivity index (χ4v) is 4.68. The highest BCUT2D eigenvalue weighted by atomic mass is 79.9. The van der Waals surface area contributed by atoms with Crippen molar-refractivity contribution in [3.8, 4) is 11.1 Å². The number of hydrogen-bond acceptors (Lipinski definition) is 3. The Morgan fingerprint density at radius 3 is 2.35 bits per heavy atom. The number of hydrogen-bond donors (Lipinski definition) is 2. The molecule has 2 aromatic rings. The minimum absolute atomic E-state index is 0.340. The summed E-state index contributed by atoms with van der Waals surface area (Å²) in [6.07, 6.45) is 3.14. The maximum absolute atomic E-state index is 10.5. The predicted molar refractivity (Wildman–Crippen MR) is 111 cm³/mol. The molecule has 0 fully saturated rings. The fourth-order valence-electron chi connectivity index (χ4n) is 4.27. The summed E-state index contributed by atoms with van der Waals surface area (Å²) in [5, 5.41) is 15.5. The number of anilines is 1. The summed E-state index contributed by atoms with van der Waals surface area (Å²) in [6, 6.07) is 13.1. The minimum Gasteiger partial charge on any atom is -0.381 e. The van der Waals surface area contributed by atoms with Crippen molar-refractivity contribution in [2.75, 3.05) is 11.9 Å². The minimum atomic E-state index is -0.365. The van der Waals surface area contributed by atoms with Crippen LogP contribution in [-0.4, -0.2) is 27.9 Å². The molecule has 0 aromatic heterocycles. The molecule has 0 radical (unpaired) electrons. The van der Waals surface area contributed by atoms with Gasteiger partial charge in [-0.1, -0.05) is 34.1 Å². The highest BCUT2D eigenvalue weighted by Gasteiger charge is 2.44. The Balaban J connectivity index is 1.54. The summed E-state index contributed by atoms with van der Waals surface area (Å²) >= 11 is 3.57. The van der Waals surface area contributed by atoms with Gasteiger partial charge in [-0.2, -0.15) is 5.06 Å². The van der Waals surface area contributed by atoms with Gasteiger partial charge in [0.25, 0.3) is 0 Å². The van der Waals surface area contributed by atoms with E-state index in [1.54, 1.807) is 0 Å². The van der Waals surface area contributed by atoms with Crippen molar-refractivity contribution >= 4 is 21.6 Å².